The molecule has 0 unspecified atom stereocenters. The van der Waals surface area contributed by atoms with Gasteiger partial charge in [0.1, 0.15) is 0 Å². The van der Waals surface area contributed by atoms with Crippen LogP contribution in [0.2, 0.25) is 0 Å². The lowest BCUT2D eigenvalue weighted by Gasteiger charge is -2.20. The predicted molar refractivity (Wildman–Crippen MR) is 62.1 cm³/mol. The summed E-state index contributed by atoms with van der Waals surface area (Å²) in [6.07, 6.45) is 0. The molecular formula is C11H12BrNO. The molecule has 0 spiro atoms. The summed E-state index contributed by atoms with van der Waals surface area (Å²) in [6.45, 7) is 7.10. The smallest absolute Gasteiger partial charge is 0.228 e. The van der Waals surface area contributed by atoms with E-state index in [2.05, 4.69) is 22.5 Å². The summed E-state index contributed by atoms with van der Waals surface area (Å²) in [5, 5.41) is 0. The van der Waals surface area contributed by atoms with Crippen LogP contribution in [0.5, 0.6) is 0 Å². The molecule has 0 saturated carbocycles. The van der Waals surface area contributed by atoms with Crippen molar-refractivity contribution in [2.24, 2.45) is 0 Å². The molecule has 0 heterocycles. The van der Waals surface area contributed by atoms with E-state index in [1.807, 2.05) is 31.2 Å². The van der Waals surface area contributed by atoms with Crippen molar-refractivity contribution >= 4 is 27.5 Å². The minimum absolute atomic E-state index is 0.0319. The second-order valence-electron chi connectivity index (χ2n) is 3.07. The first kappa shape index (κ1) is 11.0. The monoisotopic (exact) mass is 253 g/mol. The van der Waals surface area contributed by atoms with Crippen LogP contribution in [0, 0.1) is 0 Å². The third-order valence-corrected chi connectivity index (χ3v) is 2.26. The fourth-order valence-electron chi connectivity index (χ4n) is 1.29. The molecule has 1 amide bonds. The van der Waals surface area contributed by atoms with Gasteiger partial charge in [-0.1, -0.05) is 28.6 Å². The Morgan fingerprint density at radius 1 is 1.43 bits per heavy atom. The van der Waals surface area contributed by atoms with Crippen LogP contribution in [0.15, 0.2) is 41.0 Å². The number of halogens is 1. The van der Waals surface area contributed by atoms with Crippen LogP contribution >= 0.6 is 15.9 Å². The number of anilines is 1. The van der Waals surface area contributed by atoms with E-state index in [9.17, 15) is 4.79 Å². The summed E-state index contributed by atoms with van der Waals surface area (Å²) < 4.78 is 0.947. The fourth-order valence-corrected chi connectivity index (χ4v) is 1.67. The summed E-state index contributed by atoms with van der Waals surface area (Å²) in [5.74, 6) is -0.0319. The molecule has 0 aliphatic rings. The molecule has 2 nitrogen and oxygen atoms in total. The van der Waals surface area contributed by atoms with Crippen molar-refractivity contribution < 1.29 is 4.79 Å². The maximum absolute atomic E-state index is 11.3. The molecule has 0 fully saturated rings. The number of hydrogen-bond acceptors (Lipinski definition) is 1. The molecule has 0 radical (unpaired) electrons. The highest BCUT2D eigenvalue weighted by Crippen LogP contribution is 2.22. The van der Waals surface area contributed by atoms with Crippen LogP contribution in [0.4, 0.5) is 5.69 Å². The Morgan fingerprint density at radius 3 is 2.50 bits per heavy atom. The molecule has 0 atom stereocenters. The summed E-state index contributed by atoms with van der Waals surface area (Å²) >= 11 is 3.36. The van der Waals surface area contributed by atoms with Crippen LogP contribution in [-0.2, 0) is 4.79 Å². The normalized spacial score (nSPS) is 9.64. The van der Waals surface area contributed by atoms with Gasteiger partial charge in [0.25, 0.3) is 0 Å². The predicted octanol–water partition coefficient (Wildman–Crippen LogP) is 3.34. The van der Waals surface area contributed by atoms with Crippen molar-refractivity contribution in [2.75, 3.05) is 4.90 Å². The van der Waals surface area contributed by atoms with Crippen molar-refractivity contribution in [3.05, 3.63) is 41.0 Å². The molecule has 74 valence electrons. The largest absolute Gasteiger partial charge is 0.286 e. The molecule has 14 heavy (non-hydrogen) atoms. The number of amides is 1. The molecule has 0 aliphatic heterocycles. The molecule has 1 aromatic carbocycles. The second kappa shape index (κ2) is 4.42. The molecular weight excluding hydrogens is 242 g/mol. The maximum atomic E-state index is 11.3. The molecule has 0 N–H and O–H groups in total. The van der Waals surface area contributed by atoms with Crippen molar-refractivity contribution in [3.63, 3.8) is 0 Å². The van der Waals surface area contributed by atoms with E-state index < -0.39 is 0 Å². The lowest BCUT2D eigenvalue weighted by Crippen LogP contribution is -2.25. The number of carbonyl (C=O) groups is 1. The third kappa shape index (κ3) is 2.45. The van der Waals surface area contributed by atoms with E-state index in [0.29, 0.717) is 0 Å². The van der Waals surface area contributed by atoms with Crippen LogP contribution in [0.1, 0.15) is 13.8 Å². The van der Waals surface area contributed by atoms with E-state index >= 15 is 0 Å². The summed E-state index contributed by atoms with van der Waals surface area (Å²) in [5.41, 5.74) is 1.55. The zero-order valence-electron chi connectivity index (χ0n) is 8.25. The minimum atomic E-state index is -0.0319. The molecule has 0 aromatic heterocycles. The SMILES string of the molecule is C=C(C)N(C(C)=O)c1cccc(Br)c1. The van der Waals surface area contributed by atoms with E-state index in [-0.39, 0.29) is 5.91 Å². The Hall–Kier alpha value is -1.09. The molecule has 3 heteroatoms. The Bertz CT molecular complexity index is 359. The quantitative estimate of drug-likeness (QED) is 0.792. The number of carbonyl (C=O) groups excluding carboxylic acids is 1. The van der Waals surface area contributed by atoms with E-state index in [1.165, 1.54) is 6.92 Å². The molecule has 1 aromatic rings. The van der Waals surface area contributed by atoms with Crippen molar-refractivity contribution in [1.29, 1.82) is 0 Å². The fraction of sp³-hybridized carbons (Fsp3) is 0.182. The highest BCUT2D eigenvalue weighted by Gasteiger charge is 2.11. The molecule has 0 bridgehead atoms. The third-order valence-electron chi connectivity index (χ3n) is 1.76. The number of benzene rings is 1. The van der Waals surface area contributed by atoms with Gasteiger partial charge in [-0.05, 0) is 25.1 Å². The highest BCUT2D eigenvalue weighted by atomic mass is 79.9. The van der Waals surface area contributed by atoms with Gasteiger partial charge >= 0.3 is 0 Å². The average Bonchev–Trinajstić information content (AvgIpc) is 2.02. The van der Waals surface area contributed by atoms with Crippen LogP contribution in [-0.4, -0.2) is 5.91 Å². The number of hydrogen-bond donors (Lipinski definition) is 0. The Kier molecular flexibility index (Phi) is 3.47. The number of allylic oxidation sites excluding steroid dienone is 1. The zero-order chi connectivity index (χ0) is 10.7. The maximum Gasteiger partial charge on any atom is 0.228 e. The first-order valence-electron chi connectivity index (χ1n) is 4.24. The number of nitrogens with zero attached hydrogens (tertiary/aromatic N) is 1. The average molecular weight is 254 g/mol. The summed E-state index contributed by atoms with van der Waals surface area (Å²) in [4.78, 5) is 12.9. The van der Waals surface area contributed by atoms with Gasteiger partial charge in [-0.3, -0.25) is 9.69 Å². The van der Waals surface area contributed by atoms with Crippen molar-refractivity contribution in [2.45, 2.75) is 13.8 Å². The van der Waals surface area contributed by atoms with Gasteiger partial charge in [-0.25, -0.2) is 0 Å². The Balaban J connectivity index is 3.12. The van der Waals surface area contributed by atoms with Crippen LogP contribution in [0.3, 0.4) is 0 Å². The van der Waals surface area contributed by atoms with E-state index in [4.69, 9.17) is 0 Å². The first-order chi connectivity index (χ1) is 6.52. The Labute approximate surface area is 92.4 Å². The van der Waals surface area contributed by atoms with Gasteiger partial charge < -0.3 is 0 Å². The minimum Gasteiger partial charge on any atom is -0.286 e. The van der Waals surface area contributed by atoms with Gasteiger partial charge in [0, 0.05) is 22.8 Å². The Morgan fingerprint density at radius 2 is 2.07 bits per heavy atom. The summed E-state index contributed by atoms with van der Waals surface area (Å²) in [7, 11) is 0. The molecule has 1 rings (SSSR count). The second-order valence-corrected chi connectivity index (χ2v) is 3.99. The van der Waals surface area contributed by atoms with Crippen molar-refractivity contribution in [1.82, 2.24) is 0 Å². The first-order valence-corrected chi connectivity index (χ1v) is 5.03. The number of rotatable bonds is 2. The van der Waals surface area contributed by atoms with Gasteiger partial charge in [0.15, 0.2) is 0 Å². The van der Waals surface area contributed by atoms with Gasteiger partial charge in [-0.15, -0.1) is 0 Å². The highest BCUT2D eigenvalue weighted by molar-refractivity contribution is 9.10. The lowest BCUT2D eigenvalue weighted by atomic mass is 10.2. The standard InChI is InChI=1S/C11H12BrNO/c1-8(2)13(9(3)14)11-6-4-5-10(12)7-11/h4-7H,1H2,2-3H3. The van der Waals surface area contributed by atoms with Crippen LogP contribution < -0.4 is 4.90 Å². The topological polar surface area (TPSA) is 20.3 Å². The summed E-state index contributed by atoms with van der Waals surface area (Å²) in [6, 6.07) is 7.56. The van der Waals surface area contributed by atoms with E-state index in [0.717, 1.165) is 15.9 Å². The van der Waals surface area contributed by atoms with Gasteiger partial charge in [-0.2, -0.15) is 0 Å². The van der Waals surface area contributed by atoms with Gasteiger partial charge in [0.2, 0.25) is 5.91 Å². The van der Waals surface area contributed by atoms with Crippen molar-refractivity contribution in [3.8, 4) is 0 Å². The van der Waals surface area contributed by atoms with Gasteiger partial charge in [0.05, 0.1) is 0 Å². The van der Waals surface area contributed by atoms with E-state index in [1.54, 1.807) is 4.90 Å². The van der Waals surface area contributed by atoms with Crippen LogP contribution in [0.25, 0.3) is 0 Å². The lowest BCUT2D eigenvalue weighted by molar-refractivity contribution is -0.116. The molecule has 0 saturated heterocycles. The molecule has 0 aliphatic carbocycles. The zero-order valence-corrected chi connectivity index (χ0v) is 9.84.